The number of azide groups is 1. The number of nitrogens with one attached hydrogen (secondary N) is 2. The number of rotatable bonds is 14. The minimum Gasteiger partial charge on any atom is -0.479 e. The van der Waals surface area contributed by atoms with Gasteiger partial charge in [-0.2, -0.15) is 0 Å². The van der Waals surface area contributed by atoms with E-state index >= 15 is 0 Å². The van der Waals surface area contributed by atoms with Crippen LogP contribution in [-0.2, 0) is 19.1 Å². The fourth-order valence-electron chi connectivity index (χ4n) is 3.69. The lowest BCUT2D eigenvalue weighted by molar-refractivity contribution is -0.271. The van der Waals surface area contributed by atoms with E-state index in [1.54, 1.807) is 0 Å². The van der Waals surface area contributed by atoms with Gasteiger partial charge in [0.2, 0.25) is 18.1 Å². The molecule has 2 rings (SSSR count). The molecule has 14 nitrogen and oxygen atoms in total. The first-order chi connectivity index (χ1) is 19.0. The number of terminal acetylenes is 1. The standard InChI is InChI=1S/C24H29F2N5O9/c1-2-6-14(30-16(32)7-4-3-5-10-28-31-27)22(36)29-12-8-9-15(13(11-12)21(25)26)39-24-19(35)17(33)18(34)20(40-24)23(37)38/h1,8-9,11,14,17-21,24,33-35H,3-7,10H2,(H,29,36)(H,30,32)(H,37,38)/t14?,17-,18-,19+,20-,24+/m1/s1. The number of carboxylic acid groups (broad SMARTS) is 1. The number of nitrogens with zero attached hydrogens (tertiary/aromatic N) is 3. The summed E-state index contributed by atoms with van der Waals surface area (Å²) in [6, 6.07) is 1.84. The highest BCUT2D eigenvalue weighted by atomic mass is 19.3. The Morgan fingerprint density at radius 3 is 2.52 bits per heavy atom. The Balaban J connectivity index is 2.09. The summed E-state index contributed by atoms with van der Waals surface area (Å²) < 4.78 is 37.8. The van der Waals surface area contributed by atoms with E-state index in [1.165, 1.54) is 0 Å². The highest BCUT2D eigenvalue weighted by Gasteiger charge is 2.48. The van der Waals surface area contributed by atoms with Crippen LogP contribution in [0.2, 0.25) is 0 Å². The normalized spacial score (nSPS) is 22.9. The molecule has 0 aliphatic carbocycles. The van der Waals surface area contributed by atoms with Gasteiger partial charge in [-0.15, -0.1) is 12.3 Å². The molecule has 218 valence electrons. The van der Waals surface area contributed by atoms with Gasteiger partial charge in [-0.3, -0.25) is 9.59 Å². The van der Waals surface area contributed by atoms with Crippen LogP contribution in [0.15, 0.2) is 23.3 Å². The topological polar surface area (TPSA) is 223 Å². The van der Waals surface area contributed by atoms with E-state index in [9.17, 15) is 38.5 Å². The number of ether oxygens (including phenoxy) is 2. The maximum Gasteiger partial charge on any atom is 0.335 e. The lowest BCUT2D eigenvalue weighted by atomic mass is 9.99. The number of aliphatic hydroxyl groups is 3. The van der Waals surface area contributed by atoms with Gasteiger partial charge >= 0.3 is 5.97 Å². The van der Waals surface area contributed by atoms with Crippen molar-refractivity contribution in [3.63, 3.8) is 0 Å². The van der Waals surface area contributed by atoms with Crippen molar-refractivity contribution in [3.8, 4) is 18.1 Å². The van der Waals surface area contributed by atoms with Crippen molar-refractivity contribution >= 4 is 23.5 Å². The van der Waals surface area contributed by atoms with Gasteiger partial charge in [-0.25, -0.2) is 13.6 Å². The molecular formula is C24H29F2N5O9. The first-order valence-electron chi connectivity index (χ1n) is 12.1. The van der Waals surface area contributed by atoms with Crippen molar-refractivity contribution < 1.29 is 53.1 Å². The number of halogens is 2. The number of carbonyl (C=O) groups is 3. The number of carbonyl (C=O) groups excluding carboxylic acids is 2. The summed E-state index contributed by atoms with van der Waals surface area (Å²) in [6.07, 6.45) is -6.21. The van der Waals surface area contributed by atoms with E-state index in [4.69, 9.17) is 26.5 Å². The highest BCUT2D eigenvalue weighted by Crippen LogP contribution is 2.34. The average molecular weight is 570 g/mol. The largest absolute Gasteiger partial charge is 0.479 e. The second-order valence-electron chi connectivity index (χ2n) is 8.69. The summed E-state index contributed by atoms with van der Waals surface area (Å²) in [5.41, 5.74) is 7.34. The molecule has 1 fully saturated rings. The number of benzene rings is 1. The zero-order chi connectivity index (χ0) is 29.8. The summed E-state index contributed by atoms with van der Waals surface area (Å²) in [5, 5.41) is 47.1. The number of unbranched alkanes of at least 4 members (excludes halogenated alkanes) is 2. The van der Waals surface area contributed by atoms with Crippen LogP contribution in [0.1, 0.15) is 44.1 Å². The van der Waals surface area contributed by atoms with Crippen molar-refractivity contribution in [3.05, 3.63) is 34.2 Å². The van der Waals surface area contributed by atoms with E-state index in [0.29, 0.717) is 25.8 Å². The molecule has 0 spiro atoms. The fourth-order valence-corrected chi connectivity index (χ4v) is 3.69. The molecule has 1 aliphatic heterocycles. The van der Waals surface area contributed by atoms with Crippen LogP contribution < -0.4 is 15.4 Å². The van der Waals surface area contributed by atoms with Gasteiger partial charge in [-0.1, -0.05) is 11.5 Å². The highest BCUT2D eigenvalue weighted by molar-refractivity contribution is 5.97. The lowest BCUT2D eigenvalue weighted by Gasteiger charge is -2.38. The maximum atomic E-state index is 13.8. The van der Waals surface area contributed by atoms with Crippen molar-refractivity contribution in [1.82, 2.24) is 5.32 Å². The first-order valence-corrected chi connectivity index (χ1v) is 12.1. The predicted octanol–water partition coefficient (Wildman–Crippen LogP) is 1.21. The summed E-state index contributed by atoms with van der Waals surface area (Å²) in [5.74, 6) is -1.23. The lowest BCUT2D eigenvalue weighted by Crippen LogP contribution is -2.61. The Hall–Kier alpha value is -4.00. The minimum atomic E-state index is -3.17. The molecule has 0 aromatic heterocycles. The zero-order valence-electron chi connectivity index (χ0n) is 21.0. The number of hydrogen-bond acceptors (Lipinski definition) is 9. The van der Waals surface area contributed by atoms with Crippen LogP contribution >= 0.6 is 0 Å². The summed E-state index contributed by atoms with van der Waals surface area (Å²) in [6.45, 7) is 0.298. The van der Waals surface area contributed by atoms with Crippen molar-refractivity contribution in [2.45, 2.75) is 75.3 Å². The Bertz CT molecular complexity index is 1140. The van der Waals surface area contributed by atoms with Crippen LogP contribution in [0.25, 0.3) is 10.4 Å². The molecule has 0 bridgehead atoms. The van der Waals surface area contributed by atoms with Gasteiger partial charge in [0, 0.05) is 30.0 Å². The monoisotopic (exact) mass is 569 g/mol. The summed E-state index contributed by atoms with van der Waals surface area (Å²) in [4.78, 5) is 38.8. The van der Waals surface area contributed by atoms with Crippen LogP contribution in [0, 0.1) is 12.3 Å². The molecule has 0 radical (unpaired) electrons. The third kappa shape index (κ3) is 9.04. The van der Waals surface area contributed by atoms with Crippen LogP contribution in [-0.4, -0.2) is 81.5 Å². The van der Waals surface area contributed by atoms with Crippen LogP contribution in [0.3, 0.4) is 0 Å². The molecule has 2 amide bonds. The number of carboxylic acids is 1. The number of alkyl halides is 2. The molecule has 1 heterocycles. The van der Waals surface area contributed by atoms with Gasteiger partial charge in [0.15, 0.2) is 6.10 Å². The van der Waals surface area contributed by atoms with Gasteiger partial charge in [0.1, 0.15) is 30.1 Å². The van der Waals surface area contributed by atoms with Gasteiger partial charge < -0.3 is 40.5 Å². The third-order valence-corrected chi connectivity index (χ3v) is 5.77. The second-order valence-corrected chi connectivity index (χ2v) is 8.69. The van der Waals surface area contributed by atoms with Crippen molar-refractivity contribution in [1.29, 1.82) is 0 Å². The number of anilines is 1. The summed E-state index contributed by atoms with van der Waals surface area (Å²) in [7, 11) is 0. The number of aliphatic hydroxyl groups excluding tert-OH is 3. The molecule has 1 aliphatic rings. The van der Waals surface area contributed by atoms with Gasteiger partial charge in [-0.05, 0) is 36.6 Å². The molecule has 6 N–H and O–H groups in total. The Morgan fingerprint density at radius 2 is 1.90 bits per heavy atom. The fraction of sp³-hybridized carbons (Fsp3) is 0.542. The molecule has 1 unspecified atom stereocenters. The molecule has 1 aromatic carbocycles. The van der Waals surface area contributed by atoms with E-state index in [-0.39, 0.29) is 18.5 Å². The van der Waals surface area contributed by atoms with Gasteiger partial charge in [0.05, 0.1) is 5.56 Å². The van der Waals surface area contributed by atoms with E-state index in [2.05, 4.69) is 26.6 Å². The maximum absolute atomic E-state index is 13.8. The van der Waals surface area contributed by atoms with Crippen LogP contribution in [0.4, 0.5) is 14.5 Å². The van der Waals surface area contributed by atoms with Crippen molar-refractivity contribution in [2.24, 2.45) is 5.11 Å². The molecule has 0 saturated carbocycles. The third-order valence-electron chi connectivity index (χ3n) is 5.77. The zero-order valence-corrected chi connectivity index (χ0v) is 21.0. The Kier molecular flexibility index (Phi) is 12.5. The molecular weight excluding hydrogens is 540 g/mol. The van der Waals surface area contributed by atoms with E-state index in [1.807, 2.05) is 0 Å². The quantitative estimate of drug-likeness (QED) is 0.0622. The predicted molar refractivity (Wildman–Crippen MR) is 133 cm³/mol. The molecule has 16 heteroatoms. The smallest absolute Gasteiger partial charge is 0.335 e. The van der Waals surface area contributed by atoms with E-state index < -0.39 is 72.3 Å². The minimum absolute atomic E-state index is 0.0791. The van der Waals surface area contributed by atoms with Crippen molar-refractivity contribution in [2.75, 3.05) is 11.9 Å². The Labute approximate surface area is 226 Å². The van der Waals surface area contributed by atoms with E-state index in [0.717, 1.165) is 18.2 Å². The van der Waals surface area contributed by atoms with Gasteiger partial charge in [0.25, 0.3) is 6.43 Å². The second kappa shape index (κ2) is 15.6. The molecule has 1 aromatic rings. The first kappa shape index (κ1) is 32.2. The molecule has 1 saturated heterocycles. The number of amides is 2. The SMILES string of the molecule is C#CCC(NC(=O)CCCCCN=[N+]=[N-])C(=O)Nc1ccc(O[C@H]2O[C@@H](C(=O)O)[C@H](O)[C@@H](O)[C@@H]2O)c(C(F)F)c1. The molecule has 6 atom stereocenters. The Morgan fingerprint density at radius 1 is 1.18 bits per heavy atom. The summed E-state index contributed by atoms with van der Waals surface area (Å²) >= 11 is 0. The van der Waals surface area contributed by atoms with Crippen LogP contribution in [0.5, 0.6) is 5.75 Å². The number of hydrogen-bond donors (Lipinski definition) is 6. The molecule has 40 heavy (non-hydrogen) atoms. The number of aliphatic carboxylic acids is 1. The average Bonchev–Trinajstić information content (AvgIpc) is 2.91.